The Labute approximate surface area is 83.0 Å². The van der Waals surface area contributed by atoms with E-state index in [1.165, 1.54) is 12.3 Å². The van der Waals surface area contributed by atoms with Crippen LogP contribution < -0.4 is 11.1 Å². The number of carbonyl (C=O) groups is 1. The normalized spacial score (nSPS) is 11.4. The lowest BCUT2D eigenvalue weighted by atomic mass is 10.5. The van der Waals surface area contributed by atoms with E-state index in [0.717, 1.165) is 4.68 Å². The minimum Gasteiger partial charge on any atom is -0.382 e. The van der Waals surface area contributed by atoms with Crippen molar-refractivity contribution >= 4 is 11.7 Å². The average molecular weight is 222 g/mol. The minimum atomic E-state index is -4.40. The van der Waals surface area contributed by atoms with Crippen molar-refractivity contribution in [2.75, 3.05) is 12.3 Å². The third-order valence-electron chi connectivity index (χ3n) is 1.45. The van der Waals surface area contributed by atoms with Crippen molar-refractivity contribution in [2.45, 2.75) is 12.7 Å². The zero-order valence-corrected chi connectivity index (χ0v) is 7.58. The van der Waals surface area contributed by atoms with Gasteiger partial charge in [0.2, 0.25) is 5.91 Å². The van der Waals surface area contributed by atoms with Crippen LogP contribution in [0.1, 0.15) is 0 Å². The van der Waals surface area contributed by atoms with Crippen molar-refractivity contribution in [3.8, 4) is 0 Å². The summed E-state index contributed by atoms with van der Waals surface area (Å²) in [4.78, 5) is 11.0. The molecule has 0 aromatic carbocycles. The smallest absolute Gasteiger partial charge is 0.382 e. The molecule has 0 bridgehead atoms. The fourth-order valence-electron chi connectivity index (χ4n) is 0.867. The summed E-state index contributed by atoms with van der Waals surface area (Å²) >= 11 is 0. The molecule has 0 unspecified atom stereocenters. The molecule has 1 amide bonds. The molecule has 0 atom stereocenters. The Morgan fingerprint density at radius 3 is 2.73 bits per heavy atom. The molecule has 1 heterocycles. The highest BCUT2D eigenvalue weighted by molar-refractivity contribution is 5.75. The molecule has 8 heteroatoms. The number of aromatic nitrogens is 2. The second kappa shape index (κ2) is 4.20. The lowest BCUT2D eigenvalue weighted by Gasteiger charge is -2.07. The second-order valence-corrected chi connectivity index (χ2v) is 2.83. The van der Waals surface area contributed by atoms with Gasteiger partial charge in [-0.15, -0.1) is 0 Å². The van der Waals surface area contributed by atoms with Gasteiger partial charge in [-0.2, -0.15) is 18.3 Å². The standard InChI is InChI=1S/C7H9F3N4O/c8-7(9,10)4-12-6(15)3-14-2-1-5(11)13-14/h1-2H,3-4H2,(H2,11,13)(H,12,15). The molecule has 0 saturated heterocycles. The van der Waals surface area contributed by atoms with Crippen LogP contribution in [0.3, 0.4) is 0 Å². The van der Waals surface area contributed by atoms with Gasteiger partial charge < -0.3 is 11.1 Å². The van der Waals surface area contributed by atoms with Crippen molar-refractivity contribution in [1.82, 2.24) is 15.1 Å². The molecular weight excluding hydrogens is 213 g/mol. The molecule has 1 aromatic heterocycles. The quantitative estimate of drug-likeness (QED) is 0.764. The lowest BCUT2D eigenvalue weighted by Crippen LogP contribution is -2.35. The molecule has 0 aliphatic heterocycles. The first kappa shape index (κ1) is 11.3. The summed E-state index contributed by atoms with van der Waals surface area (Å²) in [5, 5.41) is 5.36. The minimum absolute atomic E-state index is 0.207. The van der Waals surface area contributed by atoms with Crippen molar-refractivity contribution in [1.29, 1.82) is 0 Å². The van der Waals surface area contributed by atoms with Gasteiger partial charge in [0.15, 0.2) is 0 Å². The Hall–Kier alpha value is -1.73. The molecule has 0 aliphatic rings. The summed E-state index contributed by atoms with van der Waals surface area (Å²) in [7, 11) is 0. The summed E-state index contributed by atoms with van der Waals surface area (Å²) in [6.45, 7) is -1.63. The third-order valence-corrected chi connectivity index (χ3v) is 1.45. The Balaban J connectivity index is 2.37. The van der Waals surface area contributed by atoms with Crippen LogP contribution in [0.25, 0.3) is 0 Å². The second-order valence-electron chi connectivity index (χ2n) is 2.83. The number of nitrogens with zero attached hydrogens (tertiary/aromatic N) is 2. The molecule has 15 heavy (non-hydrogen) atoms. The van der Waals surface area contributed by atoms with Gasteiger partial charge >= 0.3 is 6.18 Å². The lowest BCUT2D eigenvalue weighted by molar-refractivity contribution is -0.138. The topological polar surface area (TPSA) is 72.9 Å². The molecule has 84 valence electrons. The maximum Gasteiger partial charge on any atom is 0.405 e. The number of alkyl halides is 3. The molecule has 1 aromatic rings. The van der Waals surface area contributed by atoms with Crippen LogP contribution in [-0.2, 0) is 11.3 Å². The number of hydrogen-bond donors (Lipinski definition) is 2. The van der Waals surface area contributed by atoms with Gasteiger partial charge in [-0.3, -0.25) is 9.48 Å². The number of anilines is 1. The van der Waals surface area contributed by atoms with E-state index in [9.17, 15) is 18.0 Å². The number of carbonyl (C=O) groups excluding carboxylic acids is 1. The first-order chi connectivity index (χ1) is 6.87. The van der Waals surface area contributed by atoms with Gasteiger partial charge in [0.05, 0.1) is 0 Å². The number of nitrogens with one attached hydrogen (secondary N) is 1. The van der Waals surface area contributed by atoms with Crippen LogP contribution in [0, 0.1) is 0 Å². The third kappa shape index (κ3) is 4.34. The maximum atomic E-state index is 11.7. The highest BCUT2D eigenvalue weighted by Crippen LogP contribution is 2.11. The number of nitrogens with two attached hydrogens (primary N) is 1. The van der Waals surface area contributed by atoms with Gasteiger partial charge in [-0.25, -0.2) is 0 Å². The number of halogens is 3. The largest absolute Gasteiger partial charge is 0.405 e. The van der Waals surface area contributed by atoms with Crippen LogP contribution >= 0.6 is 0 Å². The van der Waals surface area contributed by atoms with Crippen molar-refractivity contribution < 1.29 is 18.0 Å². The fraction of sp³-hybridized carbons (Fsp3) is 0.429. The summed E-state index contributed by atoms with van der Waals surface area (Å²) in [5.74, 6) is -0.561. The molecule has 5 nitrogen and oxygen atoms in total. The van der Waals surface area contributed by atoms with E-state index in [2.05, 4.69) is 5.10 Å². The molecule has 0 aliphatic carbocycles. The molecule has 0 radical (unpaired) electrons. The predicted octanol–water partition coefficient (Wildman–Crippen LogP) is 0.144. The first-order valence-electron chi connectivity index (χ1n) is 3.99. The van der Waals surface area contributed by atoms with Crippen molar-refractivity contribution in [2.24, 2.45) is 0 Å². The molecule has 1 rings (SSSR count). The Morgan fingerprint density at radius 1 is 1.60 bits per heavy atom. The van der Waals surface area contributed by atoms with Gasteiger partial charge in [-0.1, -0.05) is 0 Å². The van der Waals surface area contributed by atoms with E-state index < -0.39 is 18.6 Å². The molecule has 0 spiro atoms. The van der Waals surface area contributed by atoms with E-state index in [1.807, 2.05) is 0 Å². The summed E-state index contributed by atoms with van der Waals surface area (Å²) in [6, 6.07) is 1.44. The van der Waals surface area contributed by atoms with E-state index in [4.69, 9.17) is 5.73 Å². The van der Waals surface area contributed by atoms with Gasteiger partial charge in [-0.05, 0) is 6.07 Å². The maximum absolute atomic E-state index is 11.7. The number of rotatable bonds is 3. The predicted molar refractivity (Wildman–Crippen MR) is 45.7 cm³/mol. The zero-order valence-electron chi connectivity index (χ0n) is 7.58. The van der Waals surface area contributed by atoms with Crippen LogP contribution in [0.5, 0.6) is 0 Å². The van der Waals surface area contributed by atoms with E-state index >= 15 is 0 Å². The molecule has 0 saturated carbocycles. The number of amides is 1. The van der Waals surface area contributed by atoms with E-state index in [0.29, 0.717) is 0 Å². The average Bonchev–Trinajstić information content (AvgIpc) is 2.47. The fourth-order valence-corrected chi connectivity index (χ4v) is 0.867. The van der Waals surface area contributed by atoms with Gasteiger partial charge in [0, 0.05) is 6.20 Å². The van der Waals surface area contributed by atoms with Crippen molar-refractivity contribution in [3.05, 3.63) is 12.3 Å². The Morgan fingerprint density at radius 2 is 2.27 bits per heavy atom. The van der Waals surface area contributed by atoms with E-state index in [1.54, 1.807) is 5.32 Å². The Kier molecular flexibility index (Phi) is 3.17. The molecule has 0 fully saturated rings. The number of hydrogen-bond acceptors (Lipinski definition) is 3. The van der Waals surface area contributed by atoms with Crippen molar-refractivity contribution in [3.63, 3.8) is 0 Å². The molecule has 3 N–H and O–H groups in total. The highest BCUT2D eigenvalue weighted by atomic mass is 19.4. The molecular formula is C7H9F3N4O. The summed E-state index contributed by atoms with van der Waals surface area (Å²) in [6.07, 6.45) is -3.00. The SMILES string of the molecule is Nc1ccn(CC(=O)NCC(F)(F)F)n1. The summed E-state index contributed by atoms with van der Waals surface area (Å²) in [5.41, 5.74) is 5.25. The van der Waals surface area contributed by atoms with Crippen LogP contribution in [0.2, 0.25) is 0 Å². The Bertz CT molecular complexity index is 346. The summed E-state index contributed by atoms with van der Waals surface area (Å²) < 4.78 is 36.3. The van der Waals surface area contributed by atoms with E-state index in [-0.39, 0.29) is 12.4 Å². The van der Waals surface area contributed by atoms with Gasteiger partial charge in [0.1, 0.15) is 18.9 Å². The van der Waals surface area contributed by atoms with Crippen LogP contribution in [-0.4, -0.2) is 28.4 Å². The van der Waals surface area contributed by atoms with Crippen LogP contribution in [0.15, 0.2) is 12.3 Å². The zero-order chi connectivity index (χ0) is 11.5. The van der Waals surface area contributed by atoms with Gasteiger partial charge in [0.25, 0.3) is 0 Å². The monoisotopic (exact) mass is 222 g/mol. The van der Waals surface area contributed by atoms with Crippen LogP contribution in [0.4, 0.5) is 19.0 Å². The highest BCUT2D eigenvalue weighted by Gasteiger charge is 2.27. The first-order valence-corrected chi connectivity index (χ1v) is 3.99. The number of nitrogen functional groups attached to an aromatic ring is 1.